The number of piperidine rings is 1. The third-order valence-corrected chi connectivity index (χ3v) is 8.52. The summed E-state index contributed by atoms with van der Waals surface area (Å²) < 4.78 is 46.3. The van der Waals surface area contributed by atoms with Gasteiger partial charge in [0.05, 0.1) is 42.8 Å². The third-order valence-electron chi connectivity index (χ3n) is 8.52. The number of hydrogen-bond donors (Lipinski definition) is 1. The van der Waals surface area contributed by atoms with Crippen LogP contribution in [0, 0.1) is 11.3 Å². The van der Waals surface area contributed by atoms with Crippen molar-refractivity contribution in [2.75, 3.05) is 39.4 Å². The first kappa shape index (κ1) is 26.9. The average molecular weight is 533 g/mol. The zero-order valence-corrected chi connectivity index (χ0v) is 21.5. The summed E-state index contributed by atoms with van der Waals surface area (Å²) in [6.07, 6.45) is 3.59. The van der Waals surface area contributed by atoms with Gasteiger partial charge in [0.2, 0.25) is 5.88 Å². The number of likely N-dealkylation sites (tertiary alicyclic amines) is 2. The molecule has 0 spiro atoms. The molecule has 2 aromatic rings. The maximum atomic E-state index is 13.5. The van der Waals surface area contributed by atoms with Crippen LogP contribution in [0.15, 0.2) is 36.7 Å². The van der Waals surface area contributed by atoms with Crippen LogP contribution in [0.1, 0.15) is 55.3 Å². The van der Waals surface area contributed by atoms with Gasteiger partial charge in [0.25, 0.3) is 5.91 Å². The number of nitrogens with zero attached hydrogens (tertiary/aromatic N) is 4. The lowest BCUT2D eigenvalue weighted by atomic mass is 9.67. The Hall–Kier alpha value is -2.72. The molecule has 3 aliphatic rings. The number of aliphatic hydroxyl groups excluding tert-OH is 1. The molecule has 0 radical (unpaired) electrons. The fourth-order valence-corrected chi connectivity index (χ4v) is 5.86. The lowest BCUT2D eigenvalue weighted by Crippen LogP contribution is -2.53. The average Bonchev–Trinajstić information content (AvgIpc) is 3.38. The van der Waals surface area contributed by atoms with Crippen molar-refractivity contribution >= 4 is 5.91 Å². The molecule has 7 nitrogen and oxygen atoms in total. The maximum absolute atomic E-state index is 13.5. The fraction of sp³-hybridized carbons (Fsp3) is 0.607. The van der Waals surface area contributed by atoms with Crippen LogP contribution in [0.5, 0.6) is 5.88 Å². The number of hydrogen-bond acceptors (Lipinski definition) is 6. The van der Waals surface area contributed by atoms with E-state index in [4.69, 9.17) is 4.74 Å². The van der Waals surface area contributed by atoms with Crippen molar-refractivity contribution in [3.63, 3.8) is 0 Å². The summed E-state index contributed by atoms with van der Waals surface area (Å²) in [6, 6.07) is 7.10. The summed E-state index contributed by atoms with van der Waals surface area (Å²) in [5.74, 6) is 0.622. The van der Waals surface area contributed by atoms with Crippen LogP contribution in [-0.4, -0.2) is 82.4 Å². The number of carbonyl (C=O) groups is 1. The van der Waals surface area contributed by atoms with E-state index >= 15 is 0 Å². The SMILES string of the molecule is O=C(c1ccc(-c2cnc(OCC3CCN(CC4(C(F)(F)F)CCC4)CC3)cn2)cc1)N1CCC[C@@H]1CO. The fourth-order valence-electron chi connectivity index (χ4n) is 5.86. The molecule has 2 saturated heterocycles. The molecule has 3 heterocycles. The summed E-state index contributed by atoms with van der Waals surface area (Å²) in [5.41, 5.74) is 0.569. The molecule has 0 bridgehead atoms. The number of carbonyl (C=O) groups excluding carboxylic acids is 1. The van der Waals surface area contributed by atoms with Crippen molar-refractivity contribution in [2.45, 2.75) is 57.2 Å². The van der Waals surface area contributed by atoms with Gasteiger partial charge in [-0.1, -0.05) is 18.6 Å². The molecule has 1 aromatic carbocycles. The topological polar surface area (TPSA) is 78.8 Å². The minimum Gasteiger partial charge on any atom is -0.476 e. The first-order chi connectivity index (χ1) is 18.3. The molecule has 10 heteroatoms. The monoisotopic (exact) mass is 532 g/mol. The zero-order valence-electron chi connectivity index (χ0n) is 21.5. The van der Waals surface area contributed by atoms with Gasteiger partial charge in [-0.2, -0.15) is 13.2 Å². The summed E-state index contributed by atoms with van der Waals surface area (Å²) in [6.45, 7) is 2.55. The molecule has 3 fully saturated rings. The largest absolute Gasteiger partial charge is 0.476 e. The molecule has 1 amide bonds. The van der Waals surface area contributed by atoms with E-state index in [1.807, 2.05) is 17.0 Å². The molecule has 206 valence electrons. The second kappa shape index (κ2) is 11.2. The Morgan fingerprint density at radius 1 is 1.03 bits per heavy atom. The molecular formula is C28H35F3N4O3. The van der Waals surface area contributed by atoms with E-state index in [1.165, 1.54) is 0 Å². The number of benzene rings is 1. The maximum Gasteiger partial charge on any atom is 0.395 e. The van der Waals surface area contributed by atoms with Crippen LogP contribution in [0.2, 0.25) is 0 Å². The smallest absolute Gasteiger partial charge is 0.395 e. The van der Waals surface area contributed by atoms with Gasteiger partial charge in [-0.3, -0.25) is 4.79 Å². The minimum atomic E-state index is -4.12. The van der Waals surface area contributed by atoms with E-state index < -0.39 is 11.6 Å². The summed E-state index contributed by atoms with van der Waals surface area (Å²) in [4.78, 5) is 25.3. The molecule has 1 N–H and O–H groups in total. The molecule has 1 saturated carbocycles. The van der Waals surface area contributed by atoms with Crippen LogP contribution in [0.3, 0.4) is 0 Å². The first-order valence-electron chi connectivity index (χ1n) is 13.5. The number of aliphatic hydroxyl groups is 1. The highest BCUT2D eigenvalue weighted by molar-refractivity contribution is 5.95. The van der Waals surface area contributed by atoms with Crippen molar-refractivity contribution in [2.24, 2.45) is 11.3 Å². The molecule has 2 aliphatic heterocycles. The number of alkyl halides is 3. The quantitative estimate of drug-likeness (QED) is 0.537. The van der Waals surface area contributed by atoms with Crippen LogP contribution in [-0.2, 0) is 0 Å². The van der Waals surface area contributed by atoms with Crippen LogP contribution in [0.25, 0.3) is 11.3 Å². The Morgan fingerprint density at radius 3 is 2.34 bits per heavy atom. The van der Waals surface area contributed by atoms with E-state index in [2.05, 4.69) is 9.97 Å². The number of ether oxygens (including phenoxy) is 1. The number of aromatic nitrogens is 2. The lowest BCUT2D eigenvalue weighted by Gasteiger charge is -2.47. The predicted octanol–water partition coefficient (Wildman–Crippen LogP) is 4.56. The minimum absolute atomic E-state index is 0.0182. The number of amides is 1. The van der Waals surface area contributed by atoms with E-state index in [9.17, 15) is 23.1 Å². The van der Waals surface area contributed by atoms with Crippen molar-refractivity contribution in [3.8, 4) is 17.1 Å². The number of rotatable bonds is 8. The van der Waals surface area contributed by atoms with Crippen molar-refractivity contribution < 1.29 is 27.8 Å². The van der Waals surface area contributed by atoms with Gasteiger partial charge >= 0.3 is 6.18 Å². The highest BCUT2D eigenvalue weighted by atomic mass is 19.4. The van der Waals surface area contributed by atoms with Crippen molar-refractivity contribution in [1.29, 1.82) is 0 Å². The Labute approximate surface area is 221 Å². The lowest BCUT2D eigenvalue weighted by molar-refractivity contribution is -0.256. The van der Waals surface area contributed by atoms with Crippen LogP contribution < -0.4 is 4.74 Å². The Kier molecular flexibility index (Phi) is 7.90. The van der Waals surface area contributed by atoms with Gasteiger partial charge in [0.15, 0.2) is 0 Å². The zero-order chi connectivity index (χ0) is 26.8. The van der Waals surface area contributed by atoms with E-state index in [-0.39, 0.29) is 43.9 Å². The predicted molar refractivity (Wildman–Crippen MR) is 136 cm³/mol. The standard InChI is InChI=1S/C28H35F3N4O3/c29-28(30,31)27(10-2-11-27)19-34-13-8-20(9-14-34)18-38-25-16-32-24(15-33-25)21-4-6-22(7-5-21)26(37)35-12-1-3-23(35)17-36/h4-7,15-16,20,23,36H,1-3,8-14,17-19H2/t23-/m1/s1. The summed E-state index contributed by atoms with van der Waals surface area (Å²) in [5, 5.41) is 9.49. The van der Waals surface area contributed by atoms with Gasteiger partial charge in [-0.05, 0) is 69.7 Å². The molecule has 1 aromatic heterocycles. The summed E-state index contributed by atoms with van der Waals surface area (Å²) in [7, 11) is 0. The van der Waals surface area contributed by atoms with E-state index in [0.717, 1.165) is 31.2 Å². The second-order valence-corrected chi connectivity index (χ2v) is 11.0. The normalized spacial score (nSPS) is 22.3. The van der Waals surface area contributed by atoms with Gasteiger partial charge < -0.3 is 19.6 Å². The highest BCUT2D eigenvalue weighted by Crippen LogP contribution is 2.53. The first-order valence-corrected chi connectivity index (χ1v) is 13.5. The van der Waals surface area contributed by atoms with Gasteiger partial charge in [-0.25, -0.2) is 9.97 Å². The molecule has 1 aliphatic carbocycles. The Balaban J connectivity index is 1.09. The van der Waals surface area contributed by atoms with E-state index in [0.29, 0.717) is 49.8 Å². The van der Waals surface area contributed by atoms with Gasteiger partial charge in [-0.15, -0.1) is 0 Å². The van der Waals surface area contributed by atoms with Gasteiger partial charge in [0.1, 0.15) is 0 Å². The van der Waals surface area contributed by atoms with Gasteiger partial charge in [0, 0.05) is 24.2 Å². The molecular weight excluding hydrogens is 497 g/mol. The molecule has 1 atom stereocenters. The Morgan fingerprint density at radius 2 is 1.76 bits per heavy atom. The highest BCUT2D eigenvalue weighted by Gasteiger charge is 2.58. The van der Waals surface area contributed by atoms with Crippen LogP contribution >= 0.6 is 0 Å². The number of halogens is 3. The van der Waals surface area contributed by atoms with Crippen molar-refractivity contribution in [1.82, 2.24) is 19.8 Å². The second-order valence-electron chi connectivity index (χ2n) is 11.0. The molecule has 0 unspecified atom stereocenters. The molecule has 38 heavy (non-hydrogen) atoms. The van der Waals surface area contributed by atoms with E-state index in [1.54, 1.807) is 29.4 Å². The van der Waals surface area contributed by atoms with Crippen molar-refractivity contribution in [3.05, 3.63) is 42.2 Å². The van der Waals surface area contributed by atoms with Crippen LogP contribution in [0.4, 0.5) is 13.2 Å². The Bertz CT molecular complexity index is 1080. The summed E-state index contributed by atoms with van der Waals surface area (Å²) >= 11 is 0. The molecule has 5 rings (SSSR count). The third kappa shape index (κ3) is 5.66.